The van der Waals surface area contributed by atoms with Crippen LogP contribution in [0.15, 0.2) is 36.4 Å². The van der Waals surface area contributed by atoms with Crippen LogP contribution in [0, 0.1) is 0 Å². The summed E-state index contributed by atoms with van der Waals surface area (Å²) in [7, 11) is 1.68. The Hall–Kier alpha value is -2.03. The number of rotatable bonds is 14. The Labute approximate surface area is 176 Å². The Bertz CT molecular complexity index is 738. The molecule has 0 fully saturated rings. The van der Waals surface area contributed by atoms with Crippen LogP contribution in [-0.2, 0) is 9.53 Å². The summed E-state index contributed by atoms with van der Waals surface area (Å²) in [6.07, 6.45) is 11.9. The third-order valence-electron chi connectivity index (χ3n) is 5.62. The first-order valence-corrected chi connectivity index (χ1v) is 11.4. The third-order valence-corrected chi connectivity index (χ3v) is 5.62. The van der Waals surface area contributed by atoms with Crippen LogP contribution >= 0.6 is 0 Å². The normalized spacial score (nSPS) is 12.1. The largest absolute Gasteiger partial charge is 0.497 e. The van der Waals surface area contributed by atoms with Crippen molar-refractivity contribution in [1.29, 1.82) is 0 Å². The minimum absolute atomic E-state index is 0.0645. The molecule has 160 valence electrons. The number of benzene rings is 2. The monoisotopic (exact) mass is 398 g/mol. The highest BCUT2D eigenvalue weighted by Crippen LogP contribution is 2.25. The van der Waals surface area contributed by atoms with Gasteiger partial charge in [-0.15, -0.1) is 0 Å². The molecule has 0 spiro atoms. The summed E-state index contributed by atoms with van der Waals surface area (Å²) in [4.78, 5) is 12.0. The van der Waals surface area contributed by atoms with E-state index in [9.17, 15) is 4.79 Å². The fourth-order valence-electron chi connectivity index (χ4n) is 3.64. The number of carbonyl (C=O) groups excluding carboxylic acids is 1. The molecule has 0 bridgehead atoms. The maximum Gasteiger partial charge on any atom is 0.305 e. The summed E-state index contributed by atoms with van der Waals surface area (Å²) in [5.41, 5.74) is 1.19. The van der Waals surface area contributed by atoms with E-state index in [-0.39, 0.29) is 11.9 Å². The van der Waals surface area contributed by atoms with Gasteiger partial charge in [-0.05, 0) is 34.9 Å². The number of carbonyl (C=O) groups is 1. The van der Waals surface area contributed by atoms with E-state index in [1.807, 2.05) is 12.1 Å². The van der Waals surface area contributed by atoms with Crippen molar-refractivity contribution in [2.24, 2.45) is 0 Å². The van der Waals surface area contributed by atoms with Gasteiger partial charge in [0.05, 0.1) is 13.7 Å². The van der Waals surface area contributed by atoms with E-state index >= 15 is 0 Å². The Morgan fingerprint density at radius 3 is 2.17 bits per heavy atom. The second kappa shape index (κ2) is 13.2. The molecule has 2 rings (SSSR count). The van der Waals surface area contributed by atoms with Crippen molar-refractivity contribution in [2.45, 2.75) is 84.0 Å². The molecule has 0 aromatic heterocycles. The molecule has 0 aliphatic heterocycles. The second-order valence-corrected chi connectivity index (χ2v) is 8.14. The van der Waals surface area contributed by atoms with Crippen LogP contribution in [0.3, 0.4) is 0 Å². The van der Waals surface area contributed by atoms with E-state index < -0.39 is 0 Å². The molecular weight excluding hydrogens is 360 g/mol. The lowest BCUT2D eigenvalue weighted by molar-refractivity contribution is -0.144. The van der Waals surface area contributed by atoms with E-state index in [0.717, 1.165) is 24.0 Å². The van der Waals surface area contributed by atoms with Gasteiger partial charge in [-0.3, -0.25) is 4.79 Å². The zero-order valence-electron chi connectivity index (χ0n) is 18.5. The molecule has 0 heterocycles. The van der Waals surface area contributed by atoms with Crippen molar-refractivity contribution >= 4 is 16.7 Å². The van der Waals surface area contributed by atoms with E-state index in [1.54, 1.807) is 7.11 Å². The molecule has 0 saturated heterocycles. The SMILES string of the molecule is CCCCCCCCCCCC(=O)OCC(C)c1ccc2cc(OC)ccc2c1. The number of ether oxygens (including phenoxy) is 2. The van der Waals surface area contributed by atoms with Crippen LogP contribution < -0.4 is 4.74 Å². The van der Waals surface area contributed by atoms with Crippen molar-refractivity contribution in [3.63, 3.8) is 0 Å². The first-order valence-electron chi connectivity index (χ1n) is 11.4. The highest BCUT2D eigenvalue weighted by molar-refractivity contribution is 5.84. The van der Waals surface area contributed by atoms with Crippen molar-refractivity contribution in [2.75, 3.05) is 13.7 Å². The minimum atomic E-state index is -0.0645. The van der Waals surface area contributed by atoms with Crippen LogP contribution in [-0.4, -0.2) is 19.7 Å². The average molecular weight is 399 g/mol. The van der Waals surface area contributed by atoms with Crippen LogP contribution in [0.2, 0.25) is 0 Å². The Morgan fingerprint density at radius 2 is 1.48 bits per heavy atom. The lowest BCUT2D eigenvalue weighted by atomic mass is 9.98. The van der Waals surface area contributed by atoms with Gasteiger partial charge in [0.1, 0.15) is 5.75 Å². The van der Waals surface area contributed by atoms with Gasteiger partial charge in [-0.1, -0.05) is 89.5 Å². The predicted molar refractivity (Wildman–Crippen MR) is 122 cm³/mol. The summed E-state index contributed by atoms with van der Waals surface area (Å²) in [5.74, 6) is 0.989. The summed E-state index contributed by atoms with van der Waals surface area (Å²) >= 11 is 0. The molecule has 2 aromatic rings. The standard InChI is InChI=1S/C26H38O3/c1-4-5-6-7-8-9-10-11-12-13-26(27)29-20-21(2)22-14-15-24-19-25(28-3)17-16-23(24)18-22/h14-19,21H,4-13,20H2,1-3H3. The Kier molecular flexibility index (Phi) is 10.6. The minimum Gasteiger partial charge on any atom is -0.497 e. The van der Waals surface area contributed by atoms with E-state index in [0.29, 0.717) is 13.0 Å². The molecule has 0 amide bonds. The summed E-state index contributed by atoms with van der Waals surface area (Å²) in [6.45, 7) is 4.80. The van der Waals surface area contributed by atoms with Crippen molar-refractivity contribution in [3.8, 4) is 5.75 Å². The highest BCUT2D eigenvalue weighted by atomic mass is 16.5. The molecule has 0 radical (unpaired) electrons. The van der Waals surface area contributed by atoms with Gasteiger partial charge < -0.3 is 9.47 Å². The van der Waals surface area contributed by atoms with Gasteiger partial charge in [-0.25, -0.2) is 0 Å². The zero-order valence-corrected chi connectivity index (χ0v) is 18.5. The number of hydrogen-bond donors (Lipinski definition) is 0. The van der Waals surface area contributed by atoms with Gasteiger partial charge in [0, 0.05) is 12.3 Å². The topological polar surface area (TPSA) is 35.5 Å². The lowest BCUT2D eigenvalue weighted by Crippen LogP contribution is -2.10. The van der Waals surface area contributed by atoms with E-state index in [4.69, 9.17) is 9.47 Å². The van der Waals surface area contributed by atoms with Crippen LogP contribution in [0.25, 0.3) is 10.8 Å². The molecule has 3 heteroatoms. The average Bonchev–Trinajstić information content (AvgIpc) is 2.75. The molecule has 0 aliphatic rings. The third kappa shape index (κ3) is 8.47. The van der Waals surface area contributed by atoms with Gasteiger partial charge >= 0.3 is 5.97 Å². The first-order chi connectivity index (χ1) is 14.1. The van der Waals surface area contributed by atoms with Crippen LogP contribution in [0.5, 0.6) is 5.75 Å². The van der Waals surface area contributed by atoms with Gasteiger partial charge in [-0.2, -0.15) is 0 Å². The molecule has 2 aromatic carbocycles. The number of unbranched alkanes of at least 4 members (excludes halogenated alkanes) is 8. The quantitative estimate of drug-likeness (QED) is 0.245. The molecule has 0 saturated carbocycles. The smallest absolute Gasteiger partial charge is 0.305 e. The number of hydrogen-bond acceptors (Lipinski definition) is 3. The van der Waals surface area contributed by atoms with Crippen molar-refractivity contribution in [1.82, 2.24) is 0 Å². The van der Waals surface area contributed by atoms with Crippen molar-refractivity contribution in [3.05, 3.63) is 42.0 Å². The number of fused-ring (bicyclic) bond motifs is 1. The molecular formula is C26H38O3. The van der Waals surface area contributed by atoms with Gasteiger partial charge in [0.2, 0.25) is 0 Å². The van der Waals surface area contributed by atoms with Gasteiger partial charge in [0.25, 0.3) is 0 Å². The maximum absolute atomic E-state index is 12.0. The predicted octanol–water partition coefficient (Wildman–Crippen LogP) is 7.42. The summed E-state index contributed by atoms with van der Waals surface area (Å²) in [5, 5.41) is 2.33. The fourth-order valence-corrected chi connectivity index (χ4v) is 3.64. The molecule has 0 N–H and O–H groups in total. The van der Waals surface area contributed by atoms with Crippen molar-refractivity contribution < 1.29 is 14.3 Å². The first kappa shape index (κ1) is 23.3. The Balaban J connectivity index is 1.63. The van der Waals surface area contributed by atoms with E-state index in [1.165, 1.54) is 55.9 Å². The van der Waals surface area contributed by atoms with Crippen LogP contribution in [0.4, 0.5) is 0 Å². The summed E-state index contributed by atoms with van der Waals surface area (Å²) < 4.78 is 10.8. The lowest BCUT2D eigenvalue weighted by Gasteiger charge is -2.14. The molecule has 3 nitrogen and oxygen atoms in total. The van der Waals surface area contributed by atoms with Gasteiger partial charge in [0.15, 0.2) is 0 Å². The van der Waals surface area contributed by atoms with E-state index in [2.05, 4.69) is 38.1 Å². The highest BCUT2D eigenvalue weighted by Gasteiger charge is 2.10. The van der Waals surface area contributed by atoms with Crippen LogP contribution in [0.1, 0.15) is 89.5 Å². The Morgan fingerprint density at radius 1 is 0.862 bits per heavy atom. The molecule has 29 heavy (non-hydrogen) atoms. The molecule has 0 aliphatic carbocycles. The fraction of sp³-hybridized carbons (Fsp3) is 0.577. The number of methoxy groups -OCH3 is 1. The zero-order chi connectivity index (χ0) is 20.9. The summed E-state index contributed by atoms with van der Waals surface area (Å²) in [6, 6.07) is 12.5. The maximum atomic E-state index is 12.0. The second-order valence-electron chi connectivity index (χ2n) is 8.14. The number of esters is 1. The molecule has 1 atom stereocenters. The molecule has 1 unspecified atom stereocenters.